The first kappa shape index (κ1) is 13.5. The van der Waals surface area contributed by atoms with Gasteiger partial charge < -0.3 is 10.5 Å². The van der Waals surface area contributed by atoms with E-state index in [0.717, 1.165) is 30.5 Å². The second-order valence-electron chi connectivity index (χ2n) is 5.23. The Labute approximate surface area is 122 Å². The number of ether oxygens (including phenoxy) is 1. The van der Waals surface area contributed by atoms with E-state index in [1.54, 1.807) is 13.0 Å². The van der Waals surface area contributed by atoms with Crippen molar-refractivity contribution in [1.82, 2.24) is 4.98 Å². The molecule has 21 heavy (non-hydrogen) atoms. The van der Waals surface area contributed by atoms with Crippen LogP contribution in [-0.2, 0) is 12.8 Å². The van der Waals surface area contributed by atoms with Crippen molar-refractivity contribution in [2.75, 3.05) is 0 Å². The molecule has 1 aromatic carbocycles. The fourth-order valence-electron chi connectivity index (χ4n) is 2.56. The number of nitrogens with zero attached hydrogens (tertiary/aromatic N) is 1. The Balaban J connectivity index is 2.03. The van der Waals surface area contributed by atoms with Crippen LogP contribution >= 0.6 is 0 Å². The zero-order valence-corrected chi connectivity index (χ0v) is 11.7. The van der Waals surface area contributed by atoms with Gasteiger partial charge in [-0.05, 0) is 61.6 Å². The van der Waals surface area contributed by atoms with Gasteiger partial charge in [-0.1, -0.05) is 0 Å². The predicted octanol–water partition coefficient (Wildman–Crippen LogP) is 3.09. The Bertz CT molecular complexity index is 728. The number of nitrogens with two attached hydrogens (primary N) is 1. The number of amidine groups is 1. The number of benzene rings is 1. The van der Waals surface area contributed by atoms with Crippen LogP contribution in [0.1, 0.15) is 28.8 Å². The van der Waals surface area contributed by atoms with Crippen LogP contribution in [0.25, 0.3) is 0 Å². The monoisotopic (exact) mass is 285 g/mol. The number of halogens is 1. The largest absolute Gasteiger partial charge is 0.438 e. The van der Waals surface area contributed by atoms with Crippen molar-refractivity contribution in [2.45, 2.75) is 26.2 Å². The van der Waals surface area contributed by atoms with E-state index in [1.807, 2.05) is 6.07 Å². The summed E-state index contributed by atoms with van der Waals surface area (Å²) in [7, 11) is 0. The van der Waals surface area contributed by atoms with Crippen molar-refractivity contribution in [3.63, 3.8) is 0 Å². The van der Waals surface area contributed by atoms with E-state index in [9.17, 15) is 4.39 Å². The summed E-state index contributed by atoms with van der Waals surface area (Å²) in [4.78, 5) is 4.50. The first-order valence-corrected chi connectivity index (χ1v) is 6.86. The van der Waals surface area contributed by atoms with Crippen LogP contribution in [0.15, 0.2) is 24.3 Å². The molecule has 0 saturated heterocycles. The van der Waals surface area contributed by atoms with Crippen LogP contribution in [0.3, 0.4) is 0 Å². The number of fused-ring (bicyclic) bond motifs is 1. The molecule has 0 spiro atoms. The van der Waals surface area contributed by atoms with Gasteiger partial charge in [-0.3, -0.25) is 5.41 Å². The Hall–Kier alpha value is -2.43. The molecule has 3 N–H and O–H groups in total. The molecule has 0 radical (unpaired) electrons. The highest BCUT2D eigenvalue weighted by molar-refractivity contribution is 5.97. The van der Waals surface area contributed by atoms with E-state index < -0.39 is 0 Å². The van der Waals surface area contributed by atoms with Crippen LogP contribution in [0.2, 0.25) is 0 Å². The summed E-state index contributed by atoms with van der Waals surface area (Å²) in [6.07, 6.45) is 2.92. The third kappa shape index (κ3) is 2.59. The molecule has 1 aliphatic rings. The molecular weight excluding hydrogens is 269 g/mol. The molecule has 2 aromatic rings. The maximum Gasteiger partial charge on any atom is 0.230 e. The van der Waals surface area contributed by atoms with Crippen molar-refractivity contribution >= 4 is 5.84 Å². The highest BCUT2D eigenvalue weighted by atomic mass is 19.1. The van der Waals surface area contributed by atoms with E-state index in [2.05, 4.69) is 4.98 Å². The Morgan fingerprint density at radius 2 is 2.14 bits per heavy atom. The van der Waals surface area contributed by atoms with Crippen LogP contribution in [0, 0.1) is 18.2 Å². The molecule has 1 aliphatic carbocycles. The maximum absolute atomic E-state index is 13.1. The zero-order chi connectivity index (χ0) is 15.0. The summed E-state index contributed by atoms with van der Waals surface area (Å²) in [6, 6.07) is 6.18. The van der Waals surface area contributed by atoms with Gasteiger partial charge in [0.25, 0.3) is 0 Å². The van der Waals surface area contributed by atoms with Gasteiger partial charge >= 0.3 is 0 Å². The molecular formula is C16H16FN3O. The molecule has 5 heteroatoms. The van der Waals surface area contributed by atoms with Crippen molar-refractivity contribution in [3.05, 3.63) is 52.5 Å². The summed E-state index contributed by atoms with van der Waals surface area (Å²) in [5, 5.41) is 7.69. The fraction of sp³-hybridized carbons (Fsp3) is 0.250. The van der Waals surface area contributed by atoms with Gasteiger partial charge in [-0.15, -0.1) is 0 Å². The van der Waals surface area contributed by atoms with E-state index in [0.29, 0.717) is 22.8 Å². The average molecular weight is 285 g/mol. The van der Waals surface area contributed by atoms with Crippen LogP contribution < -0.4 is 10.5 Å². The van der Waals surface area contributed by atoms with Gasteiger partial charge in [0.05, 0.1) is 5.56 Å². The lowest BCUT2D eigenvalue weighted by molar-refractivity contribution is 0.454. The van der Waals surface area contributed by atoms with Gasteiger partial charge in [0, 0.05) is 5.69 Å². The van der Waals surface area contributed by atoms with Crippen LogP contribution in [0.4, 0.5) is 4.39 Å². The van der Waals surface area contributed by atoms with Gasteiger partial charge in [0.1, 0.15) is 17.4 Å². The second kappa shape index (κ2) is 5.16. The summed E-state index contributed by atoms with van der Waals surface area (Å²) >= 11 is 0. The third-order valence-corrected chi connectivity index (χ3v) is 3.65. The fourth-order valence-corrected chi connectivity index (χ4v) is 2.56. The topological polar surface area (TPSA) is 72.0 Å². The lowest BCUT2D eigenvalue weighted by atomic mass is 10.1. The predicted molar refractivity (Wildman–Crippen MR) is 78.5 cm³/mol. The molecule has 3 rings (SSSR count). The molecule has 0 amide bonds. The lowest BCUT2D eigenvalue weighted by Gasteiger charge is -2.13. The van der Waals surface area contributed by atoms with Gasteiger partial charge in [0.15, 0.2) is 0 Å². The number of aromatic nitrogens is 1. The molecule has 108 valence electrons. The molecule has 0 aliphatic heterocycles. The normalized spacial score (nSPS) is 13.0. The highest BCUT2D eigenvalue weighted by Crippen LogP contribution is 2.31. The molecule has 0 atom stereocenters. The lowest BCUT2D eigenvalue weighted by Crippen LogP contribution is -2.14. The summed E-state index contributed by atoms with van der Waals surface area (Å²) < 4.78 is 18.9. The molecule has 1 aromatic heterocycles. The van der Waals surface area contributed by atoms with E-state index in [4.69, 9.17) is 15.9 Å². The smallest absolute Gasteiger partial charge is 0.230 e. The number of aryl methyl sites for hydroxylation is 3. The Kier molecular flexibility index (Phi) is 3.33. The van der Waals surface area contributed by atoms with Crippen LogP contribution in [-0.4, -0.2) is 10.8 Å². The Morgan fingerprint density at radius 3 is 2.86 bits per heavy atom. The number of pyridine rings is 1. The van der Waals surface area contributed by atoms with Gasteiger partial charge in [-0.2, -0.15) is 0 Å². The van der Waals surface area contributed by atoms with Crippen molar-refractivity contribution in [1.29, 1.82) is 5.41 Å². The number of nitrogen functional groups attached to an aromatic ring is 1. The molecule has 0 unspecified atom stereocenters. The highest BCUT2D eigenvalue weighted by Gasteiger charge is 2.19. The molecule has 0 fully saturated rings. The minimum Gasteiger partial charge on any atom is -0.438 e. The zero-order valence-electron chi connectivity index (χ0n) is 11.7. The van der Waals surface area contributed by atoms with Crippen molar-refractivity contribution in [2.24, 2.45) is 5.73 Å². The van der Waals surface area contributed by atoms with Crippen molar-refractivity contribution in [3.8, 4) is 11.6 Å². The quantitative estimate of drug-likeness (QED) is 0.672. The summed E-state index contributed by atoms with van der Waals surface area (Å²) in [5.41, 5.74) is 8.91. The van der Waals surface area contributed by atoms with Crippen molar-refractivity contribution < 1.29 is 9.13 Å². The van der Waals surface area contributed by atoms with E-state index in [-0.39, 0.29) is 11.7 Å². The number of hydrogen-bond donors (Lipinski definition) is 2. The number of hydrogen-bond acceptors (Lipinski definition) is 3. The van der Waals surface area contributed by atoms with E-state index >= 15 is 0 Å². The van der Waals surface area contributed by atoms with E-state index in [1.165, 1.54) is 12.1 Å². The van der Waals surface area contributed by atoms with Gasteiger partial charge in [-0.25, -0.2) is 9.37 Å². The first-order valence-electron chi connectivity index (χ1n) is 6.86. The third-order valence-electron chi connectivity index (χ3n) is 3.65. The van der Waals surface area contributed by atoms with Crippen LogP contribution in [0.5, 0.6) is 11.6 Å². The number of nitrogens with one attached hydrogen (secondary N) is 1. The second-order valence-corrected chi connectivity index (χ2v) is 5.23. The summed E-state index contributed by atoms with van der Waals surface area (Å²) in [5.74, 6) is 0.447. The molecule has 1 heterocycles. The minimum absolute atomic E-state index is 0.0769. The average Bonchev–Trinajstić information content (AvgIpc) is 2.88. The number of rotatable bonds is 3. The SMILES string of the molecule is Cc1cc(F)ccc1Oc1nc2c(cc1C(=N)N)CCC2. The molecule has 4 nitrogen and oxygen atoms in total. The molecule has 0 saturated carbocycles. The Morgan fingerprint density at radius 1 is 1.33 bits per heavy atom. The maximum atomic E-state index is 13.1. The molecule has 0 bridgehead atoms. The first-order chi connectivity index (χ1) is 10.0. The standard InChI is InChI=1S/C16H16FN3O/c1-9-7-11(17)5-6-14(9)21-16-12(15(18)19)8-10-3-2-4-13(10)20-16/h5-8H,2-4H2,1H3,(H3,18,19). The van der Waals surface area contributed by atoms with Gasteiger partial charge in [0.2, 0.25) is 5.88 Å². The summed E-state index contributed by atoms with van der Waals surface area (Å²) in [6.45, 7) is 1.76. The minimum atomic E-state index is -0.312.